The van der Waals surface area contributed by atoms with E-state index in [1.54, 1.807) is 0 Å². The molecule has 1 aliphatic rings. The van der Waals surface area contributed by atoms with E-state index < -0.39 is 0 Å². The van der Waals surface area contributed by atoms with Gasteiger partial charge in [0.15, 0.2) is 0 Å². The smallest absolute Gasteiger partial charge is 0.0828 e. The number of aryl methyl sites for hydroxylation is 1. The van der Waals surface area contributed by atoms with Crippen molar-refractivity contribution in [3.8, 4) is 0 Å². The molecular weight excluding hydrogens is 276 g/mol. The van der Waals surface area contributed by atoms with Crippen molar-refractivity contribution in [1.82, 2.24) is 0 Å². The average Bonchev–Trinajstić information content (AvgIpc) is 2.56. The molecule has 0 N–H and O–H groups in total. The Morgan fingerprint density at radius 3 is 2.62 bits per heavy atom. The Balaban J connectivity index is 1.68. The Bertz CT molecular complexity index is 567. The molecule has 0 bridgehead atoms. The summed E-state index contributed by atoms with van der Waals surface area (Å²) in [6, 6.07) is 19.3. The fourth-order valence-corrected chi connectivity index (χ4v) is 3.41. The SMILES string of the molecule is SCC(COC1CCCc2ccccc21)c1ccccc1. The quantitative estimate of drug-likeness (QED) is 0.781. The maximum atomic E-state index is 6.27. The molecule has 0 heterocycles. The average molecular weight is 298 g/mol. The summed E-state index contributed by atoms with van der Waals surface area (Å²) in [6.07, 6.45) is 3.79. The molecule has 2 aromatic rings. The van der Waals surface area contributed by atoms with Crippen LogP contribution < -0.4 is 0 Å². The zero-order chi connectivity index (χ0) is 14.5. The highest BCUT2D eigenvalue weighted by atomic mass is 32.1. The van der Waals surface area contributed by atoms with E-state index in [4.69, 9.17) is 4.74 Å². The zero-order valence-corrected chi connectivity index (χ0v) is 13.1. The van der Waals surface area contributed by atoms with Crippen LogP contribution in [0.25, 0.3) is 0 Å². The maximum absolute atomic E-state index is 6.27. The summed E-state index contributed by atoms with van der Waals surface area (Å²) in [6.45, 7) is 0.743. The molecule has 3 rings (SSSR count). The third kappa shape index (κ3) is 3.50. The molecule has 0 saturated heterocycles. The third-order valence-electron chi connectivity index (χ3n) is 4.30. The lowest BCUT2D eigenvalue weighted by atomic mass is 9.89. The van der Waals surface area contributed by atoms with E-state index in [0.717, 1.165) is 18.8 Å². The van der Waals surface area contributed by atoms with Gasteiger partial charge in [-0.25, -0.2) is 0 Å². The summed E-state index contributed by atoms with van der Waals surface area (Å²) in [7, 11) is 0. The van der Waals surface area contributed by atoms with Crippen LogP contribution in [0.2, 0.25) is 0 Å². The molecule has 1 aliphatic carbocycles. The van der Waals surface area contributed by atoms with E-state index in [2.05, 4.69) is 67.2 Å². The van der Waals surface area contributed by atoms with Gasteiger partial charge in [0, 0.05) is 5.92 Å². The first-order valence-corrected chi connectivity index (χ1v) is 8.37. The Kier molecular flexibility index (Phi) is 5.00. The van der Waals surface area contributed by atoms with Gasteiger partial charge in [0.05, 0.1) is 12.7 Å². The van der Waals surface area contributed by atoms with Gasteiger partial charge >= 0.3 is 0 Å². The molecule has 2 aromatic carbocycles. The van der Waals surface area contributed by atoms with E-state index in [9.17, 15) is 0 Å². The van der Waals surface area contributed by atoms with Crippen LogP contribution in [-0.2, 0) is 11.2 Å². The Hall–Kier alpha value is -1.25. The van der Waals surface area contributed by atoms with Gasteiger partial charge < -0.3 is 4.74 Å². The largest absolute Gasteiger partial charge is 0.373 e. The van der Waals surface area contributed by atoms with Crippen LogP contribution >= 0.6 is 12.6 Å². The molecule has 0 radical (unpaired) electrons. The van der Waals surface area contributed by atoms with Crippen molar-refractivity contribution in [2.75, 3.05) is 12.4 Å². The second-order valence-corrected chi connectivity index (χ2v) is 6.07. The minimum atomic E-state index is 0.251. The lowest BCUT2D eigenvalue weighted by Gasteiger charge is -2.27. The van der Waals surface area contributed by atoms with Crippen molar-refractivity contribution in [1.29, 1.82) is 0 Å². The Morgan fingerprint density at radius 1 is 1.05 bits per heavy atom. The molecule has 110 valence electrons. The monoisotopic (exact) mass is 298 g/mol. The van der Waals surface area contributed by atoms with Crippen LogP contribution in [0.1, 0.15) is 41.6 Å². The first kappa shape index (κ1) is 14.7. The molecule has 0 aliphatic heterocycles. The maximum Gasteiger partial charge on any atom is 0.0828 e. The van der Waals surface area contributed by atoms with Crippen LogP contribution in [0.3, 0.4) is 0 Å². The number of hydrogen-bond acceptors (Lipinski definition) is 2. The van der Waals surface area contributed by atoms with Gasteiger partial charge in [-0.1, -0.05) is 54.6 Å². The predicted octanol–water partition coefficient (Wildman–Crippen LogP) is 4.79. The molecule has 0 amide bonds. The van der Waals surface area contributed by atoms with Crippen molar-refractivity contribution in [2.24, 2.45) is 0 Å². The molecule has 0 spiro atoms. The summed E-state index contributed by atoms with van der Waals surface area (Å²) >= 11 is 4.50. The Morgan fingerprint density at radius 2 is 1.81 bits per heavy atom. The van der Waals surface area contributed by atoms with Gasteiger partial charge in [0.2, 0.25) is 0 Å². The summed E-state index contributed by atoms with van der Waals surface area (Å²) < 4.78 is 6.27. The third-order valence-corrected chi connectivity index (χ3v) is 4.75. The molecular formula is C19H22OS. The molecule has 21 heavy (non-hydrogen) atoms. The minimum Gasteiger partial charge on any atom is -0.373 e. The lowest BCUT2D eigenvalue weighted by molar-refractivity contribution is 0.0342. The molecule has 2 atom stereocenters. The lowest BCUT2D eigenvalue weighted by Crippen LogP contribution is -2.17. The fraction of sp³-hybridized carbons (Fsp3) is 0.368. The summed E-state index contributed by atoms with van der Waals surface area (Å²) in [4.78, 5) is 0. The molecule has 0 aromatic heterocycles. The number of hydrogen-bond donors (Lipinski definition) is 1. The minimum absolute atomic E-state index is 0.251. The molecule has 0 fully saturated rings. The topological polar surface area (TPSA) is 9.23 Å². The number of ether oxygens (including phenoxy) is 1. The van der Waals surface area contributed by atoms with Gasteiger partial charge in [0.1, 0.15) is 0 Å². The second-order valence-electron chi connectivity index (χ2n) is 5.70. The van der Waals surface area contributed by atoms with Gasteiger partial charge in [-0.05, 0) is 41.7 Å². The summed E-state index contributed by atoms with van der Waals surface area (Å²) in [5.74, 6) is 1.18. The van der Waals surface area contributed by atoms with Crippen LogP contribution in [0.15, 0.2) is 54.6 Å². The van der Waals surface area contributed by atoms with Crippen molar-refractivity contribution in [2.45, 2.75) is 31.3 Å². The number of benzene rings is 2. The van der Waals surface area contributed by atoms with E-state index in [0.29, 0.717) is 5.92 Å². The number of rotatable bonds is 5. The van der Waals surface area contributed by atoms with Crippen LogP contribution in [0.5, 0.6) is 0 Å². The number of fused-ring (bicyclic) bond motifs is 1. The number of thiol groups is 1. The molecule has 1 nitrogen and oxygen atoms in total. The van der Waals surface area contributed by atoms with Crippen LogP contribution in [0, 0.1) is 0 Å². The highest BCUT2D eigenvalue weighted by molar-refractivity contribution is 7.80. The molecule has 0 saturated carbocycles. The van der Waals surface area contributed by atoms with Gasteiger partial charge in [0.25, 0.3) is 0 Å². The van der Waals surface area contributed by atoms with E-state index in [-0.39, 0.29) is 6.10 Å². The van der Waals surface area contributed by atoms with Gasteiger partial charge in [-0.15, -0.1) is 0 Å². The second kappa shape index (κ2) is 7.15. The molecule has 2 unspecified atom stereocenters. The van der Waals surface area contributed by atoms with Crippen molar-refractivity contribution in [3.05, 3.63) is 71.3 Å². The Labute approximate surface area is 132 Å². The van der Waals surface area contributed by atoms with Crippen molar-refractivity contribution >= 4 is 12.6 Å². The highest BCUT2D eigenvalue weighted by Gasteiger charge is 2.21. The molecule has 2 heteroatoms. The van der Waals surface area contributed by atoms with Crippen LogP contribution in [-0.4, -0.2) is 12.4 Å². The van der Waals surface area contributed by atoms with E-state index in [1.807, 2.05) is 0 Å². The van der Waals surface area contributed by atoms with E-state index >= 15 is 0 Å². The first-order chi connectivity index (χ1) is 10.4. The zero-order valence-electron chi connectivity index (χ0n) is 12.2. The standard InChI is InChI=1S/C19H22OS/c21-14-17(15-7-2-1-3-8-15)13-20-19-12-6-10-16-9-4-5-11-18(16)19/h1-5,7-9,11,17,19,21H,6,10,12-14H2. The van der Waals surface area contributed by atoms with Crippen molar-refractivity contribution in [3.63, 3.8) is 0 Å². The van der Waals surface area contributed by atoms with E-state index in [1.165, 1.54) is 29.5 Å². The van der Waals surface area contributed by atoms with Crippen molar-refractivity contribution < 1.29 is 4.74 Å². The summed E-state index contributed by atoms with van der Waals surface area (Å²) in [5.41, 5.74) is 4.15. The first-order valence-electron chi connectivity index (χ1n) is 7.73. The highest BCUT2D eigenvalue weighted by Crippen LogP contribution is 2.33. The van der Waals surface area contributed by atoms with Gasteiger partial charge in [-0.2, -0.15) is 12.6 Å². The predicted molar refractivity (Wildman–Crippen MR) is 91.1 cm³/mol. The van der Waals surface area contributed by atoms with Crippen LogP contribution in [0.4, 0.5) is 0 Å². The fourth-order valence-electron chi connectivity index (χ4n) is 3.09. The summed E-state index contributed by atoms with van der Waals surface area (Å²) in [5, 5.41) is 0. The normalized spacial score (nSPS) is 19.0. The van der Waals surface area contributed by atoms with Gasteiger partial charge in [-0.3, -0.25) is 0 Å².